The maximum absolute atomic E-state index is 6.26. The van der Waals surface area contributed by atoms with Crippen LogP contribution in [0.4, 0.5) is 0 Å². The van der Waals surface area contributed by atoms with Gasteiger partial charge in [0.05, 0.1) is 0 Å². The molecule has 0 saturated carbocycles. The molecule has 1 aromatic heterocycles. The number of aryl methyl sites for hydroxylation is 3. The fourth-order valence-electron chi connectivity index (χ4n) is 2.14. The summed E-state index contributed by atoms with van der Waals surface area (Å²) in [6, 6.07) is 12.9. The maximum atomic E-state index is 6.26. The van der Waals surface area contributed by atoms with Crippen molar-refractivity contribution < 1.29 is 0 Å². The second-order valence-corrected chi connectivity index (χ2v) is 5.96. The van der Waals surface area contributed by atoms with Crippen molar-refractivity contribution in [1.82, 2.24) is 0 Å². The molecule has 2 heteroatoms. The maximum Gasteiger partial charge on any atom is 0.0309 e. The minimum Gasteiger partial charge on any atom is -0.324 e. The van der Waals surface area contributed by atoms with E-state index in [2.05, 4.69) is 50.2 Å². The van der Waals surface area contributed by atoms with Gasteiger partial charge in [-0.05, 0) is 43.9 Å². The Morgan fingerprint density at radius 1 is 1.18 bits per heavy atom. The third-order valence-corrected chi connectivity index (χ3v) is 4.05. The second kappa shape index (κ2) is 5.48. The van der Waals surface area contributed by atoms with Crippen molar-refractivity contribution in [3.05, 3.63) is 57.3 Å². The van der Waals surface area contributed by atoms with E-state index in [0.717, 1.165) is 12.8 Å². The van der Waals surface area contributed by atoms with Gasteiger partial charge in [0.1, 0.15) is 0 Å². The van der Waals surface area contributed by atoms with E-state index >= 15 is 0 Å². The van der Waals surface area contributed by atoms with Gasteiger partial charge in [0.25, 0.3) is 0 Å². The van der Waals surface area contributed by atoms with Gasteiger partial charge < -0.3 is 5.73 Å². The van der Waals surface area contributed by atoms with Gasteiger partial charge in [0, 0.05) is 15.8 Å². The molecule has 1 atom stereocenters. The van der Waals surface area contributed by atoms with E-state index in [9.17, 15) is 0 Å². The lowest BCUT2D eigenvalue weighted by Gasteiger charge is -2.11. The normalized spacial score (nSPS) is 12.6. The number of thiophene rings is 1. The summed E-state index contributed by atoms with van der Waals surface area (Å²) < 4.78 is 0. The first-order chi connectivity index (χ1) is 8.16. The summed E-state index contributed by atoms with van der Waals surface area (Å²) in [6.07, 6.45) is 2.07. The predicted molar refractivity (Wildman–Crippen MR) is 75.5 cm³/mol. The third kappa shape index (κ3) is 3.18. The summed E-state index contributed by atoms with van der Waals surface area (Å²) in [7, 11) is 0. The van der Waals surface area contributed by atoms with Crippen molar-refractivity contribution in [3.63, 3.8) is 0 Å². The standard InChI is InChI=1S/C15H19NS/c1-11-10-14(12(2)17-11)15(16)9-8-13-6-4-3-5-7-13/h3-7,10,15H,8-9,16H2,1-2H3. The van der Waals surface area contributed by atoms with Crippen LogP contribution in [0.2, 0.25) is 0 Å². The molecule has 0 aliphatic carbocycles. The fraction of sp³-hybridized carbons (Fsp3) is 0.333. The summed E-state index contributed by atoms with van der Waals surface area (Å²) >= 11 is 1.84. The SMILES string of the molecule is Cc1cc(C(N)CCc2ccccc2)c(C)s1. The highest BCUT2D eigenvalue weighted by atomic mass is 32.1. The molecule has 0 aliphatic heterocycles. The predicted octanol–water partition coefficient (Wildman–Crippen LogP) is 4.00. The van der Waals surface area contributed by atoms with Gasteiger partial charge in [0.2, 0.25) is 0 Å². The van der Waals surface area contributed by atoms with E-state index in [1.54, 1.807) is 0 Å². The van der Waals surface area contributed by atoms with Crippen molar-refractivity contribution >= 4 is 11.3 Å². The Labute approximate surface area is 107 Å². The van der Waals surface area contributed by atoms with Gasteiger partial charge in [-0.3, -0.25) is 0 Å². The summed E-state index contributed by atoms with van der Waals surface area (Å²) in [6.45, 7) is 4.31. The van der Waals surface area contributed by atoms with Crippen molar-refractivity contribution in [1.29, 1.82) is 0 Å². The molecule has 17 heavy (non-hydrogen) atoms. The average Bonchev–Trinajstić information content (AvgIpc) is 2.67. The van der Waals surface area contributed by atoms with E-state index in [1.807, 2.05) is 11.3 Å². The summed E-state index contributed by atoms with van der Waals surface area (Å²) in [5, 5.41) is 0. The minimum absolute atomic E-state index is 0.167. The number of hydrogen-bond donors (Lipinski definition) is 1. The summed E-state index contributed by atoms with van der Waals surface area (Å²) in [5.74, 6) is 0. The Morgan fingerprint density at radius 2 is 1.88 bits per heavy atom. The zero-order chi connectivity index (χ0) is 12.3. The van der Waals surface area contributed by atoms with Crippen LogP contribution >= 0.6 is 11.3 Å². The van der Waals surface area contributed by atoms with Crippen LogP contribution in [0.3, 0.4) is 0 Å². The lowest BCUT2D eigenvalue weighted by Crippen LogP contribution is -2.11. The van der Waals surface area contributed by atoms with Crippen LogP contribution in [0.15, 0.2) is 36.4 Å². The molecule has 2 N–H and O–H groups in total. The van der Waals surface area contributed by atoms with Crippen LogP contribution in [-0.2, 0) is 6.42 Å². The Hall–Kier alpha value is -1.12. The lowest BCUT2D eigenvalue weighted by atomic mass is 10.0. The van der Waals surface area contributed by atoms with Gasteiger partial charge in [-0.15, -0.1) is 11.3 Å². The van der Waals surface area contributed by atoms with Crippen LogP contribution in [0.1, 0.15) is 33.3 Å². The highest BCUT2D eigenvalue weighted by molar-refractivity contribution is 7.12. The fourth-order valence-corrected chi connectivity index (χ4v) is 3.14. The molecule has 1 heterocycles. The molecule has 0 bridgehead atoms. The molecule has 2 aromatic rings. The van der Waals surface area contributed by atoms with Crippen molar-refractivity contribution in [2.45, 2.75) is 32.7 Å². The largest absolute Gasteiger partial charge is 0.324 e. The quantitative estimate of drug-likeness (QED) is 0.865. The molecular formula is C15H19NS. The number of rotatable bonds is 4. The first kappa shape index (κ1) is 12.3. The highest BCUT2D eigenvalue weighted by Gasteiger charge is 2.11. The molecule has 0 aliphatic rings. The van der Waals surface area contributed by atoms with E-state index in [1.165, 1.54) is 20.9 Å². The summed E-state index contributed by atoms with van der Waals surface area (Å²) in [4.78, 5) is 2.72. The molecule has 1 nitrogen and oxygen atoms in total. The lowest BCUT2D eigenvalue weighted by molar-refractivity contribution is 0.650. The van der Waals surface area contributed by atoms with Crippen molar-refractivity contribution in [3.8, 4) is 0 Å². The molecule has 0 fully saturated rings. The molecule has 1 unspecified atom stereocenters. The monoisotopic (exact) mass is 245 g/mol. The number of benzene rings is 1. The topological polar surface area (TPSA) is 26.0 Å². The second-order valence-electron chi connectivity index (χ2n) is 4.50. The zero-order valence-electron chi connectivity index (χ0n) is 10.4. The minimum atomic E-state index is 0.167. The van der Waals surface area contributed by atoms with Crippen molar-refractivity contribution in [2.75, 3.05) is 0 Å². The van der Waals surface area contributed by atoms with Gasteiger partial charge in [-0.2, -0.15) is 0 Å². The third-order valence-electron chi connectivity index (χ3n) is 3.07. The van der Waals surface area contributed by atoms with Crippen molar-refractivity contribution in [2.24, 2.45) is 5.73 Å². The average molecular weight is 245 g/mol. The van der Waals surface area contributed by atoms with Gasteiger partial charge in [0.15, 0.2) is 0 Å². The van der Waals surface area contributed by atoms with Crippen LogP contribution < -0.4 is 5.73 Å². The molecule has 1 aromatic carbocycles. The van der Waals surface area contributed by atoms with E-state index in [0.29, 0.717) is 0 Å². The first-order valence-corrected chi connectivity index (χ1v) is 6.85. The van der Waals surface area contributed by atoms with Crippen LogP contribution in [0.5, 0.6) is 0 Å². The molecule has 0 amide bonds. The molecular weight excluding hydrogens is 226 g/mol. The van der Waals surface area contributed by atoms with Gasteiger partial charge in [-0.1, -0.05) is 30.3 Å². The smallest absolute Gasteiger partial charge is 0.0309 e. The molecule has 0 spiro atoms. The first-order valence-electron chi connectivity index (χ1n) is 6.03. The van der Waals surface area contributed by atoms with E-state index in [4.69, 9.17) is 5.73 Å². The van der Waals surface area contributed by atoms with Gasteiger partial charge in [-0.25, -0.2) is 0 Å². The van der Waals surface area contributed by atoms with E-state index < -0.39 is 0 Å². The molecule has 0 radical (unpaired) electrons. The zero-order valence-corrected chi connectivity index (χ0v) is 11.3. The van der Waals surface area contributed by atoms with Crippen LogP contribution in [-0.4, -0.2) is 0 Å². The van der Waals surface area contributed by atoms with Crippen LogP contribution in [0, 0.1) is 13.8 Å². The molecule has 90 valence electrons. The molecule has 0 saturated heterocycles. The Morgan fingerprint density at radius 3 is 2.47 bits per heavy atom. The van der Waals surface area contributed by atoms with E-state index in [-0.39, 0.29) is 6.04 Å². The Bertz CT molecular complexity index is 473. The Balaban J connectivity index is 1.98. The summed E-state index contributed by atoms with van der Waals surface area (Å²) in [5.41, 5.74) is 8.95. The number of hydrogen-bond acceptors (Lipinski definition) is 2. The number of nitrogens with two attached hydrogens (primary N) is 1. The highest BCUT2D eigenvalue weighted by Crippen LogP contribution is 2.27. The van der Waals surface area contributed by atoms with Gasteiger partial charge >= 0.3 is 0 Å². The van der Waals surface area contributed by atoms with Crippen LogP contribution in [0.25, 0.3) is 0 Å². The Kier molecular flexibility index (Phi) is 3.97. The molecule has 2 rings (SSSR count).